The molecule has 2 rings (SSSR count). The van der Waals surface area contributed by atoms with Crippen LogP contribution < -0.4 is 5.32 Å². The van der Waals surface area contributed by atoms with E-state index in [0.29, 0.717) is 5.41 Å². The Hall–Kier alpha value is -0.0800. The van der Waals surface area contributed by atoms with Crippen molar-refractivity contribution in [2.45, 2.75) is 58.9 Å². The Labute approximate surface area is 107 Å². The molecule has 1 heterocycles. The van der Waals surface area contributed by atoms with E-state index in [1.54, 1.807) is 0 Å². The molecule has 2 fully saturated rings. The summed E-state index contributed by atoms with van der Waals surface area (Å²) in [7, 11) is 0. The van der Waals surface area contributed by atoms with Crippen LogP contribution in [-0.2, 0) is 0 Å². The molecule has 2 nitrogen and oxygen atoms in total. The van der Waals surface area contributed by atoms with E-state index in [-0.39, 0.29) is 0 Å². The molecule has 2 unspecified atom stereocenters. The molecule has 2 aliphatic rings. The SMILES string of the molecule is CCN1CCC(CNC2CCCC(C)(C)C2)C1. The zero-order valence-corrected chi connectivity index (χ0v) is 12.0. The minimum absolute atomic E-state index is 0.570. The van der Waals surface area contributed by atoms with Crippen LogP contribution in [-0.4, -0.2) is 37.1 Å². The van der Waals surface area contributed by atoms with Crippen molar-refractivity contribution in [1.82, 2.24) is 10.2 Å². The van der Waals surface area contributed by atoms with E-state index in [0.717, 1.165) is 12.0 Å². The molecule has 0 radical (unpaired) electrons. The molecule has 17 heavy (non-hydrogen) atoms. The summed E-state index contributed by atoms with van der Waals surface area (Å²) >= 11 is 0. The van der Waals surface area contributed by atoms with Gasteiger partial charge in [-0.05, 0) is 56.7 Å². The van der Waals surface area contributed by atoms with Crippen LogP contribution in [0.2, 0.25) is 0 Å². The van der Waals surface area contributed by atoms with E-state index < -0.39 is 0 Å². The number of hydrogen-bond acceptors (Lipinski definition) is 2. The summed E-state index contributed by atoms with van der Waals surface area (Å²) in [4.78, 5) is 2.58. The standard InChI is InChI=1S/C15H30N2/c1-4-17-9-7-13(12-17)11-16-14-6-5-8-15(2,3)10-14/h13-14,16H,4-12H2,1-3H3. The van der Waals surface area contributed by atoms with Gasteiger partial charge < -0.3 is 10.2 Å². The molecule has 0 aromatic heterocycles. The lowest BCUT2D eigenvalue weighted by molar-refractivity contribution is 0.194. The number of likely N-dealkylation sites (tertiary alicyclic amines) is 1. The van der Waals surface area contributed by atoms with Crippen LogP contribution in [0.15, 0.2) is 0 Å². The third kappa shape index (κ3) is 3.96. The second-order valence-electron chi connectivity index (χ2n) is 6.91. The second-order valence-corrected chi connectivity index (χ2v) is 6.91. The first-order valence-corrected chi connectivity index (χ1v) is 7.55. The Morgan fingerprint density at radius 1 is 1.29 bits per heavy atom. The topological polar surface area (TPSA) is 15.3 Å². The van der Waals surface area contributed by atoms with Gasteiger partial charge in [0.2, 0.25) is 0 Å². The highest BCUT2D eigenvalue weighted by Crippen LogP contribution is 2.35. The largest absolute Gasteiger partial charge is 0.314 e. The van der Waals surface area contributed by atoms with E-state index in [4.69, 9.17) is 0 Å². The van der Waals surface area contributed by atoms with Gasteiger partial charge in [0, 0.05) is 12.6 Å². The Kier molecular flexibility index (Phi) is 4.48. The van der Waals surface area contributed by atoms with Crippen LogP contribution in [0, 0.1) is 11.3 Å². The van der Waals surface area contributed by atoms with Crippen molar-refractivity contribution in [2.24, 2.45) is 11.3 Å². The highest BCUT2D eigenvalue weighted by Gasteiger charge is 2.28. The number of nitrogens with zero attached hydrogens (tertiary/aromatic N) is 1. The van der Waals surface area contributed by atoms with Gasteiger partial charge in [-0.1, -0.05) is 27.2 Å². The van der Waals surface area contributed by atoms with Crippen molar-refractivity contribution in [2.75, 3.05) is 26.2 Å². The maximum Gasteiger partial charge on any atom is 0.00722 e. The summed E-state index contributed by atoms with van der Waals surface area (Å²) in [5.41, 5.74) is 0.570. The minimum atomic E-state index is 0.570. The lowest BCUT2D eigenvalue weighted by Gasteiger charge is -2.36. The minimum Gasteiger partial charge on any atom is -0.314 e. The fourth-order valence-electron chi connectivity index (χ4n) is 3.57. The van der Waals surface area contributed by atoms with Crippen molar-refractivity contribution >= 4 is 0 Å². The number of rotatable bonds is 4. The zero-order valence-electron chi connectivity index (χ0n) is 12.0. The van der Waals surface area contributed by atoms with Crippen molar-refractivity contribution in [3.05, 3.63) is 0 Å². The van der Waals surface area contributed by atoms with Gasteiger partial charge in [-0.15, -0.1) is 0 Å². The molecule has 0 amide bonds. The van der Waals surface area contributed by atoms with Gasteiger partial charge in [-0.25, -0.2) is 0 Å². The van der Waals surface area contributed by atoms with E-state index in [2.05, 4.69) is 31.0 Å². The summed E-state index contributed by atoms with van der Waals surface area (Å²) in [5.74, 6) is 0.903. The first kappa shape index (κ1) is 13.4. The van der Waals surface area contributed by atoms with Gasteiger partial charge in [-0.3, -0.25) is 0 Å². The third-order valence-corrected chi connectivity index (χ3v) is 4.72. The molecule has 2 atom stereocenters. The lowest BCUT2D eigenvalue weighted by Crippen LogP contribution is -2.40. The molecule has 1 saturated heterocycles. The maximum absolute atomic E-state index is 3.84. The van der Waals surface area contributed by atoms with Crippen molar-refractivity contribution in [3.63, 3.8) is 0 Å². The predicted molar refractivity (Wildman–Crippen MR) is 74.3 cm³/mol. The summed E-state index contributed by atoms with van der Waals surface area (Å²) in [6, 6.07) is 0.787. The Bertz CT molecular complexity index is 237. The first-order chi connectivity index (χ1) is 8.09. The second kappa shape index (κ2) is 5.71. The van der Waals surface area contributed by atoms with E-state index >= 15 is 0 Å². The van der Waals surface area contributed by atoms with Crippen LogP contribution in [0.4, 0.5) is 0 Å². The fourth-order valence-corrected chi connectivity index (χ4v) is 3.57. The molecule has 0 bridgehead atoms. The fraction of sp³-hybridized carbons (Fsp3) is 1.00. The van der Waals surface area contributed by atoms with Crippen LogP contribution in [0.5, 0.6) is 0 Å². The molecule has 2 heteroatoms. The lowest BCUT2D eigenvalue weighted by atomic mass is 9.75. The average molecular weight is 238 g/mol. The molecule has 1 saturated carbocycles. The van der Waals surface area contributed by atoms with Gasteiger partial charge in [0.1, 0.15) is 0 Å². The highest BCUT2D eigenvalue weighted by molar-refractivity contribution is 4.85. The van der Waals surface area contributed by atoms with Gasteiger partial charge in [0.25, 0.3) is 0 Å². The van der Waals surface area contributed by atoms with Crippen LogP contribution in [0.3, 0.4) is 0 Å². The van der Waals surface area contributed by atoms with E-state index in [9.17, 15) is 0 Å². The molecule has 1 aliphatic heterocycles. The quantitative estimate of drug-likeness (QED) is 0.810. The summed E-state index contributed by atoms with van der Waals surface area (Å²) < 4.78 is 0. The Balaban J connectivity index is 1.68. The first-order valence-electron chi connectivity index (χ1n) is 7.55. The molecule has 0 aromatic carbocycles. The van der Waals surface area contributed by atoms with E-state index in [1.807, 2.05) is 0 Å². The molecule has 0 spiro atoms. The smallest absolute Gasteiger partial charge is 0.00722 e. The average Bonchev–Trinajstić information content (AvgIpc) is 2.73. The normalized spacial score (nSPS) is 34.1. The number of nitrogens with one attached hydrogen (secondary N) is 1. The molecule has 1 N–H and O–H groups in total. The van der Waals surface area contributed by atoms with Crippen LogP contribution in [0.1, 0.15) is 52.9 Å². The van der Waals surface area contributed by atoms with Crippen molar-refractivity contribution in [1.29, 1.82) is 0 Å². The monoisotopic (exact) mass is 238 g/mol. The van der Waals surface area contributed by atoms with Crippen LogP contribution >= 0.6 is 0 Å². The zero-order chi connectivity index (χ0) is 12.3. The molecular formula is C15H30N2. The maximum atomic E-state index is 3.84. The third-order valence-electron chi connectivity index (χ3n) is 4.72. The predicted octanol–water partition coefficient (Wildman–Crippen LogP) is 2.89. The molecule has 0 aromatic rings. The van der Waals surface area contributed by atoms with Crippen molar-refractivity contribution in [3.8, 4) is 0 Å². The van der Waals surface area contributed by atoms with Gasteiger partial charge in [0.15, 0.2) is 0 Å². The molecule has 1 aliphatic carbocycles. The summed E-state index contributed by atoms with van der Waals surface area (Å²) in [6.45, 7) is 12.2. The highest BCUT2D eigenvalue weighted by atomic mass is 15.1. The van der Waals surface area contributed by atoms with Gasteiger partial charge in [0.05, 0.1) is 0 Å². The summed E-state index contributed by atoms with van der Waals surface area (Å²) in [6.07, 6.45) is 7.00. The Morgan fingerprint density at radius 2 is 2.12 bits per heavy atom. The van der Waals surface area contributed by atoms with Crippen molar-refractivity contribution < 1.29 is 0 Å². The van der Waals surface area contributed by atoms with E-state index in [1.165, 1.54) is 58.3 Å². The van der Waals surface area contributed by atoms with Gasteiger partial charge in [-0.2, -0.15) is 0 Å². The van der Waals surface area contributed by atoms with Crippen LogP contribution in [0.25, 0.3) is 0 Å². The van der Waals surface area contributed by atoms with Gasteiger partial charge >= 0.3 is 0 Å². The molecular weight excluding hydrogens is 208 g/mol. The summed E-state index contributed by atoms with van der Waals surface area (Å²) in [5, 5.41) is 3.84. The number of hydrogen-bond donors (Lipinski definition) is 1. The Morgan fingerprint density at radius 3 is 2.76 bits per heavy atom. The molecule has 100 valence electrons.